The fourth-order valence-electron chi connectivity index (χ4n) is 3.39. The van der Waals surface area contributed by atoms with Crippen molar-refractivity contribution in [1.82, 2.24) is 10.2 Å². The van der Waals surface area contributed by atoms with Crippen LogP contribution in [0.4, 0.5) is 10.5 Å². The summed E-state index contributed by atoms with van der Waals surface area (Å²) in [5.74, 6) is 0.787. The van der Waals surface area contributed by atoms with E-state index in [2.05, 4.69) is 22.5 Å². The zero-order chi connectivity index (χ0) is 16.4. The smallest absolute Gasteiger partial charge is 0.319 e. The van der Waals surface area contributed by atoms with E-state index in [1.165, 1.54) is 0 Å². The van der Waals surface area contributed by atoms with E-state index in [9.17, 15) is 4.79 Å². The number of anilines is 1. The molecule has 2 saturated heterocycles. The van der Waals surface area contributed by atoms with Gasteiger partial charge in [-0.1, -0.05) is 0 Å². The summed E-state index contributed by atoms with van der Waals surface area (Å²) in [7, 11) is 1.63. The molecule has 2 heterocycles. The predicted molar refractivity (Wildman–Crippen MR) is 89.1 cm³/mol. The first-order valence-corrected chi connectivity index (χ1v) is 8.13. The molecule has 0 radical (unpaired) electrons. The molecule has 126 valence electrons. The molecule has 0 aromatic heterocycles. The van der Waals surface area contributed by atoms with Gasteiger partial charge in [0.15, 0.2) is 0 Å². The minimum absolute atomic E-state index is 0.155. The molecule has 0 saturated carbocycles. The number of amides is 2. The molecule has 2 N–H and O–H groups in total. The van der Waals surface area contributed by atoms with Crippen molar-refractivity contribution in [3.63, 3.8) is 0 Å². The summed E-state index contributed by atoms with van der Waals surface area (Å²) in [5, 5.41) is 6.00. The van der Waals surface area contributed by atoms with Gasteiger partial charge in [0.1, 0.15) is 5.75 Å². The molecule has 3 atom stereocenters. The monoisotopic (exact) mass is 319 g/mol. The Morgan fingerprint density at radius 3 is 2.96 bits per heavy atom. The molecule has 2 fully saturated rings. The molecule has 2 aliphatic heterocycles. The van der Waals surface area contributed by atoms with Crippen LogP contribution < -0.4 is 15.4 Å². The fraction of sp³-hybridized carbons (Fsp3) is 0.588. The van der Waals surface area contributed by atoms with Crippen LogP contribution in [0.25, 0.3) is 0 Å². The van der Waals surface area contributed by atoms with Gasteiger partial charge in [-0.2, -0.15) is 0 Å². The molecule has 2 amide bonds. The molecule has 0 spiro atoms. The normalized spacial score (nSPS) is 27.3. The highest BCUT2D eigenvalue weighted by Gasteiger charge is 2.36. The standard InChI is InChI=1S/C17H25N3O3/c1-11-6-15(22-3)4-5-16(11)19-17(21)18-13-7-14-10-23-12(2)8-20(14)9-13/h4-6,12-14H,7-10H2,1-3H3,(H2,18,19,21)/t12-,13+,14-/m0/s1. The molecule has 0 bridgehead atoms. The number of rotatable bonds is 3. The highest BCUT2D eigenvalue weighted by atomic mass is 16.5. The number of urea groups is 1. The lowest BCUT2D eigenvalue weighted by Gasteiger charge is -2.33. The zero-order valence-corrected chi connectivity index (χ0v) is 14.0. The van der Waals surface area contributed by atoms with Crippen molar-refractivity contribution in [2.45, 2.75) is 38.5 Å². The van der Waals surface area contributed by atoms with Crippen molar-refractivity contribution in [3.05, 3.63) is 23.8 Å². The summed E-state index contributed by atoms with van der Waals surface area (Å²) in [6.45, 7) is 6.65. The van der Waals surface area contributed by atoms with Crippen molar-refractivity contribution in [2.24, 2.45) is 0 Å². The number of benzene rings is 1. The highest BCUT2D eigenvalue weighted by Crippen LogP contribution is 2.24. The van der Waals surface area contributed by atoms with E-state index >= 15 is 0 Å². The van der Waals surface area contributed by atoms with Crippen LogP contribution in [-0.2, 0) is 4.74 Å². The number of carbonyl (C=O) groups excluding carboxylic acids is 1. The maximum absolute atomic E-state index is 12.2. The molecule has 1 aromatic rings. The van der Waals surface area contributed by atoms with Crippen molar-refractivity contribution in [3.8, 4) is 5.75 Å². The zero-order valence-electron chi connectivity index (χ0n) is 14.0. The largest absolute Gasteiger partial charge is 0.497 e. The molecule has 0 aliphatic carbocycles. The van der Waals surface area contributed by atoms with Gasteiger partial charge in [-0.25, -0.2) is 4.79 Å². The quantitative estimate of drug-likeness (QED) is 0.894. The predicted octanol–water partition coefficient (Wildman–Crippen LogP) is 1.99. The van der Waals surface area contributed by atoms with Gasteiger partial charge in [-0.05, 0) is 44.0 Å². The Hall–Kier alpha value is -1.79. The van der Waals surface area contributed by atoms with Crippen LogP contribution >= 0.6 is 0 Å². The second-order valence-electron chi connectivity index (χ2n) is 6.46. The van der Waals surface area contributed by atoms with Crippen molar-refractivity contribution in [1.29, 1.82) is 0 Å². The molecule has 6 heteroatoms. The van der Waals surface area contributed by atoms with Crippen LogP contribution in [-0.4, -0.2) is 55.9 Å². The van der Waals surface area contributed by atoms with Crippen molar-refractivity contribution >= 4 is 11.7 Å². The third kappa shape index (κ3) is 3.76. The minimum atomic E-state index is -0.155. The molecular formula is C17H25N3O3. The maximum atomic E-state index is 12.2. The van der Waals surface area contributed by atoms with Crippen LogP contribution in [0.1, 0.15) is 18.9 Å². The summed E-state index contributed by atoms with van der Waals surface area (Å²) in [6, 6.07) is 6.06. The number of hydrogen-bond acceptors (Lipinski definition) is 4. The summed E-state index contributed by atoms with van der Waals surface area (Å²) < 4.78 is 10.9. The topological polar surface area (TPSA) is 62.8 Å². The molecule has 1 aromatic carbocycles. The average molecular weight is 319 g/mol. The summed E-state index contributed by atoms with van der Waals surface area (Å²) in [6.07, 6.45) is 1.22. The molecule has 2 aliphatic rings. The lowest BCUT2D eigenvalue weighted by molar-refractivity contribution is -0.0390. The molecule has 23 heavy (non-hydrogen) atoms. The van der Waals surface area contributed by atoms with Gasteiger partial charge >= 0.3 is 6.03 Å². The van der Waals surface area contributed by atoms with Gasteiger partial charge in [-0.15, -0.1) is 0 Å². The Bertz CT molecular complexity index is 578. The van der Waals surface area contributed by atoms with E-state index < -0.39 is 0 Å². The van der Waals surface area contributed by atoms with Crippen LogP contribution in [0, 0.1) is 6.92 Å². The van der Waals surface area contributed by atoms with E-state index in [0.29, 0.717) is 6.04 Å². The second-order valence-corrected chi connectivity index (χ2v) is 6.46. The molecule has 3 rings (SSSR count). The number of nitrogens with one attached hydrogen (secondary N) is 2. The van der Waals surface area contributed by atoms with Crippen LogP contribution in [0.15, 0.2) is 18.2 Å². The number of morpholine rings is 1. The van der Waals surface area contributed by atoms with Crippen molar-refractivity contribution in [2.75, 3.05) is 32.1 Å². The first-order chi connectivity index (χ1) is 11.0. The number of nitrogens with zero attached hydrogens (tertiary/aromatic N) is 1. The van der Waals surface area contributed by atoms with Gasteiger partial charge in [0.25, 0.3) is 0 Å². The number of carbonyl (C=O) groups is 1. The summed E-state index contributed by atoms with van der Waals surface area (Å²) >= 11 is 0. The Morgan fingerprint density at radius 1 is 1.39 bits per heavy atom. The minimum Gasteiger partial charge on any atom is -0.497 e. The van der Waals surface area contributed by atoms with Gasteiger partial charge in [0.05, 0.1) is 19.8 Å². The highest BCUT2D eigenvalue weighted by molar-refractivity contribution is 5.90. The van der Waals surface area contributed by atoms with E-state index in [1.54, 1.807) is 7.11 Å². The fourth-order valence-corrected chi connectivity index (χ4v) is 3.39. The Kier molecular flexibility index (Phi) is 4.73. The number of fused-ring (bicyclic) bond motifs is 1. The average Bonchev–Trinajstić information content (AvgIpc) is 2.90. The Labute approximate surface area is 137 Å². The lowest BCUT2D eigenvalue weighted by atomic mass is 10.1. The lowest BCUT2D eigenvalue weighted by Crippen LogP contribution is -2.45. The number of methoxy groups -OCH3 is 1. The maximum Gasteiger partial charge on any atom is 0.319 e. The SMILES string of the molecule is COc1ccc(NC(=O)N[C@@H]2C[C@H]3CO[C@@H](C)CN3C2)c(C)c1. The van der Waals surface area contributed by atoms with E-state index in [4.69, 9.17) is 9.47 Å². The first-order valence-electron chi connectivity index (χ1n) is 8.13. The van der Waals surface area contributed by atoms with Gasteiger partial charge in [0.2, 0.25) is 0 Å². The number of ether oxygens (including phenoxy) is 2. The number of aryl methyl sites for hydroxylation is 1. The van der Waals surface area contributed by atoms with Crippen molar-refractivity contribution < 1.29 is 14.3 Å². The summed E-state index contributed by atoms with van der Waals surface area (Å²) in [4.78, 5) is 14.7. The summed E-state index contributed by atoms with van der Waals surface area (Å²) in [5.41, 5.74) is 1.78. The Balaban J connectivity index is 1.54. The number of hydrogen-bond donors (Lipinski definition) is 2. The van der Waals surface area contributed by atoms with E-state index in [1.807, 2.05) is 25.1 Å². The van der Waals surface area contributed by atoms with E-state index in [-0.39, 0.29) is 18.2 Å². The third-order valence-electron chi connectivity index (χ3n) is 4.61. The van der Waals surface area contributed by atoms with Gasteiger partial charge in [-0.3, -0.25) is 4.90 Å². The molecule has 6 nitrogen and oxygen atoms in total. The Morgan fingerprint density at radius 2 is 2.22 bits per heavy atom. The molecular weight excluding hydrogens is 294 g/mol. The van der Waals surface area contributed by atoms with Gasteiger partial charge in [0, 0.05) is 30.9 Å². The van der Waals surface area contributed by atoms with Crippen LogP contribution in [0.2, 0.25) is 0 Å². The molecule has 0 unspecified atom stereocenters. The van der Waals surface area contributed by atoms with Crippen LogP contribution in [0.3, 0.4) is 0 Å². The van der Waals surface area contributed by atoms with E-state index in [0.717, 1.165) is 43.1 Å². The van der Waals surface area contributed by atoms with Gasteiger partial charge < -0.3 is 20.1 Å². The van der Waals surface area contributed by atoms with Crippen LogP contribution in [0.5, 0.6) is 5.75 Å². The second kappa shape index (κ2) is 6.76. The first kappa shape index (κ1) is 16.1. The third-order valence-corrected chi connectivity index (χ3v) is 4.61.